The van der Waals surface area contributed by atoms with Gasteiger partial charge in [0.1, 0.15) is 31.3 Å². The zero-order valence-corrected chi connectivity index (χ0v) is 30.7. The number of morpholine rings is 1. The summed E-state index contributed by atoms with van der Waals surface area (Å²) in [6, 6.07) is 23.1. The van der Waals surface area contributed by atoms with E-state index in [0.29, 0.717) is 43.2 Å². The molecule has 0 aromatic heterocycles. The molecule has 3 aromatic carbocycles. The van der Waals surface area contributed by atoms with Crippen molar-refractivity contribution in [3.05, 3.63) is 90.0 Å². The molecule has 0 unspecified atom stereocenters. The van der Waals surface area contributed by atoms with Gasteiger partial charge in [-0.2, -0.15) is 0 Å². The van der Waals surface area contributed by atoms with E-state index in [-0.39, 0.29) is 44.3 Å². The predicted octanol–water partition coefficient (Wildman–Crippen LogP) is 4.54. The molecule has 0 saturated carbocycles. The molecule has 2 aliphatic heterocycles. The van der Waals surface area contributed by atoms with Crippen molar-refractivity contribution in [2.24, 2.45) is 11.3 Å². The highest BCUT2D eigenvalue weighted by Crippen LogP contribution is 2.31. The van der Waals surface area contributed by atoms with Gasteiger partial charge in [0, 0.05) is 18.7 Å². The van der Waals surface area contributed by atoms with Crippen molar-refractivity contribution < 1.29 is 47.7 Å². The summed E-state index contributed by atoms with van der Waals surface area (Å²) in [5.74, 6) is -2.55. The number of amides is 3. The van der Waals surface area contributed by atoms with E-state index in [4.69, 9.17) is 29.1 Å². The number of rotatable bonds is 13. The first-order valence-electron chi connectivity index (χ1n) is 17.8. The van der Waals surface area contributed by atoms with Crippen molar-refractivity contribution in [3.8, 4) is 16.9 Å². The number of benzene rings is 3. The molecule has 2 fully saturated rings. The molecule has 2 aliphatic rings. The SMILES string of the molecule is CC(C)(C)C(=O)OCOC(=O)C[C@@H]1C[C@@H](COc2ccc(-c3ccccc3)c(C(=N)NC(=O)OCc3ccccc3)c2)N(CC(=O)N2CCOCC2)C1=O. The molecule has 0 bridgehead atoms. The molecular weight excluding hydrogens is 696 g/mol. The first-order valence-corrected chi connectivity index (χ1v) is 17.8. The Morgan fingerprint density at radius 3 is 2.28 bits per heavy atom. The molecule has 3 amide bonds. The zero-order valence-electron chi connectivity index (χ0n) is 30.7. The summed E-state index contributed by atoms with van der Waals surface area (Å²) >= 11 is 0. The quantitative estimate of drug-likeness (QED) is 0.110. The van der Waals surface area contributed by atoms with Gasteiger partial charge in [-0.3, -0.25) is 29.9 Å². The second-order valence-corrected chi connectivity index (χ2v) is 14.0. The second-order valence-electron chi connectivity index (χ2n) is 14.0. The van der Waals surface area contributed by atoms with Gasteiger partial charge in [-0.15, -0.1) is 0 Å². The molecular formula is C40H46N4O10. The van der Waals surface area contributed by atoms with Crippen LogP contribution in [0, 0.1) is 16.7 Å². The van der Waals surface area contributed by atoms with Crippen molar-refractivity contribution in [2.75, 3.05) is 46.2 Å². The lowest BCUT2D eigenvalue weighted by Gasteiger charge is -2.30. The number of hydrogen-bond donors (Lipinski definition) is 2. The van der Waals surface area contributed by atoms with Crippen LogP contribution in [-0.2, 0) is 44.7 Å². The molecule has 286 valence electrons. The third-order valence-electron chi connectivity index (χ3n) is 8.96. The van der Waals surface area contributed by atoms with Crippen LogP contribution in [0.4, 0.5) is 4.79 Å². The van der Waals surface area contributed by atoms with Crippen LogP contribution >= 0.6 is 0 Å². The Kier molecular flexibility index (Phi) is 13.4. The fraction of sp³-hybridized carbons (Fsp3) is 0.400. The molecule has 2 heterocycles. The van der Waals surface area contributed by atoms with Gasteiger partial charge in [0.05, 0.1) is 37.0 Å². The fourth-order valence-electron chi connectivity index (χ4n) is 6.00. The highest BCUT2D eigenvalue weighted by molar-refractivity contribution is 6.08. The van der Waals surface area contributed by atoms with Gasteiger partial charge >= 0.3 is 18.0 Å². The lowest BCUT2D eigenvalue weighted by atomic mass is 9.98. The van der Waals surface area contributed by atoms with Crippen LogP contribution in [0.5, 0.6) is 5.75 Å². The van der Waals surface area contributed by atoms with Crippen molar-refractivity contribution in [1.82, 2.24) is 15.1 Å². The molecule has 2 atom stereocenters. The van der Waals surface area contributed by atoms with E-state index in [1.807, 2.05) is 60.7 Å². The number of carbonyl (C=O) groups is 5. The van der Waals surface area contributed by atoms with Crippen molar-refractivity contribution >= 4 is 35.7 Å². The van der Waals surface area contributed by atoms with Crippen LogP contribution in [0.1, 0.15) is 44.7 Å². The standard InChI is InChI=1S/C40H46N4O10/c1-40(2,3)38(48)54-26-53-35(46)21-29-20-30(44(37(29)47)23-34(45)43-16-18-50-19-17-43)25-51-31-14-15-32(28-12-8-5-9-13-28)33(22-31)36(41)42-39(49)52-24-27-10-6-4-7-11-27/h4-15,22,29-30H,16-21,23-26H2,1-3H3,(H2,41,42,49)/t29-,30-/m0/s1. The van der Waals surface area contributed by atoms with E-state index in [0.717, 1.165) is 11.1 Å². The number of carbonyl (C=O) groups excluding carboxylic acids is 5. The van der Waals surface area contributed by atoms with E-state index < -0.39 is 48.1 Å². The molecule has 54 heavy (non-hydrogen) atoms. The van der Waals surface area contributed by atoms with Crippen LogP contribution in [0.15, 0.2) is 78.9 Å². The molecule has 3 aromatic rings. The van der Waals surface area contributed by atoms with E-state index >= 15 is 0 Å². The smallest absolute Gasteiger partial charge is 0.413 e. The number of nitrogens with zero attached hydrogens (tertiary/aromatic N) is 2. The Balaban J connectivity index is 1.29. The highest BCUT2D eigenvalue weighted by atomic mass is 16.7. The van der Waals surface area contributed by atoms with E-state index in [9.17, 15) is 24.0 Å². The summed E-state index contributed by atoms with van der Waals surface area (Å²) < 4.78 is 27.1. The topological polar surface area (TPSA) is 174 Å². The van der Waals surface area contributed by atoms with Gasteiger partial charge in [0.25, 0.3) is 0 Å². The Morgan fingerprint density at radius 1 is 0.907 bits per heavy atom. The van der Waals surface area contributed by atoms with Crippen molar-refractivity contribution in [2.45, 2.75) is 46.3 Å². The van der Waals surface area contributed by atoms with Crippen LogP contribution in [-0.4, -0.2) is 97.8 Å². The number of hydrogen-bond acceptors (Lipinski definition) is 11. The van der Waals surface area contributed by atoms with E-state index in [1.165, 1.54) is 4.90 Å². The maximum absolute atomic E-state index is 13.7. The van der Waals surface area contributed by atoms with Gasteiger partial charge in [0.15, 0.2) is 0 Å². The minimum absolute atomic E-state index is 0.0269. The zero-order chi connectivity index (χ0) is 38.7. The monoisotopic (exact) mass is 742 g/mol. The third-order valence-corrected chi connectivity index (χ3v) is 8.96. The van der Waals surface area contributed by atoms with Gasteiger partial charge < -0.3 is 33.5 Å². The summed E-state index contributed by atoms with van der Waals surface area (Å²) in [7, 11) is 0. The summed E-state index contributed by atoms with van der Waals surface area (Å²) in [4.78, 5) is 67.5. The van der Waals surface area contributed by atoms with Crippen molar-refractivity contribution in [1.29, 1.82) is 5.41 Å². The van der Waals surface area contributed by atoms with Gasteiger partial charge in [-0.05, 0) is 62.1 Å². The molecule has 5 rings (SSSR count). The number of alkyl carbamates (subject to hydrolysis) is 1. The first kappa shape index (κ1) is 39.4. The van der Waals surface area contributed by atoms with Crippen LogP contribution in [0.25, 0.3) is 11.1 Å². The van der Waals surface area contributed by atoms with Gasteiger partial charge in [0.2, 0.25) is 18.6 Å². The molecule has 0 radical (unpaired) electrons. The summed E-state index contributed by atoms with van der Waals surface area (Å²) in [6.45, 7) is 5.85. The Labute approximate surface area is 314 Å². The lowest BCUT2D eigenvalue weighted by molar-refractivity contribution is -0.174. The maximum Gasteiger partial charge on any atom is 0.413 e. The van der Waals surface area contributed by atoms with Gasteiger partial charge in [-0.1, -0.05) is 60.7 Å². The predicted molar refractivity (Wildman–Crippen MR) is 196 cm³/mol. The Hall–Kier alpha value is -5.76. The number of esters is 2. The summed E-state index contributed by atoms with van der Waals surface area (Å²) in [5, 5.41) is 11.3. The second kappa shape index (κ2) is 18.3. The average molecular weight is 743 g/mol. The normalized spacial score (nSPS) is 17.1. The summed E-state index contributed by atoms with van der Waals surface area (Å²) in [6.07, 6.45) is -0.869. The fourth-order valence-corrected chi connectivity index (χ4v) is 6.00. The number of likely N-dealkylation sites (tertiary alicyclic amines) is 1. The first-order chi connectivity index (χ1) is 25.9. The number of ether oxygens (including phenoxy) is 5. The lowest BCUT2D eigenvalue weighted by Crippen LogP contribution is -2.48. The third kappa shape index (κ3) is 10.9. The number of nitrogens with one attached hydrogen (secondary N) is 2. The number of amidine groups is 1. The Bertz CT molecular complexity index is 1810. The van der Waals surface area contributed by atoms with Crippen LogP contribution in [0.3, 0.4) is 0 Å². The highest BCUT2D eigenvalue weighted by Gasteiger charge is 2.42. The largest absolute Gasteiger partial charge is 0.491 e. The minimum atomic E-state index is -0.795. The van der Waals surface area contributed by atoms with Gasteiger partial charge in [-0.25, -0.2) is 4.79 Å². The minimum Gasteiger partial charge on any atom is -0.491 e. The Morgan fingerprint density at radius 2 is 1.59 bits per heavy atom. The van der Waals surface area contributed by atoms with Crippen molar-refractivity contribution in [3.63, 3.8) is 0 Å². The summed E-state index contributed by atoms with van der Waals surface area (Å²) in [5.41, 5.74) is 1.86. The molecule has 0 spiro atoms. The molecule has 14 heteroatoms. The molecule has 2 saturated heterocycles. The van der Waals surface area contributed by atoms with E-state index in [2.05, 4.69) is 5.32 Å². The molecule has 0 aliphatic carbocycles. The van der Waals surface area contributed by atoms with E-state index in [1.54, 1.807) is 43.9 Å². The van der Waals surface area contributed by atoms with Crippen LogP contribution < -0.4 is 10.1 Å². The molecule has 14 nitrogen and oxygen atoms in total. The average Bonchev–Trinajstić information content (AvgIpc) is 3.45. The van der Waals surface area contributed by atoms with Crippen LogP contribution in [0.2, 0.25) is 0 Å². The maximum atomic E-state index is 13.7. The molecule has 2 N–H and O–H groups in total.